The number of morpholine rings is 1. The van der Waals surface area contributed by atoms with Gasteiger partial charge in [-0.3, -0.25) is 9.48 Å². The lowest BCUT2D eigenvalue weighted by Gasteiger charge is -2.37. The highest BCUT2D eigenvalue weighted by atomic mass is 16.5. The SMILES string of the molecule is Cc1cc(C)n(CC(=O)N2CCN(c3ccccc3-c3cnc(N4CC(C)OC(C)C4)nc3)CC2)n1. The molecule has 1 aromatic carbocycles. The average Bonchev–Trinajstić information content (AvgIpc) is 3.19. The largest absolute Gasteiger partial charge is 0.372 e. The third-order valence-corrected chi connectivity index (χ3v) is 6.92. The van der Waals surface area contributed by atoms with E-state index in [4.69, 9.17) is 14.7 Å². The number of anilines is 2. The molecule has 0 radical (unpaired) electrons. The fourth-order valence-corrected chi connectivity index (χ4v) is 5.22. The summed E-state index contributed by atoms with van der Waals surface area (Å²) in [6.45, 7) is 12.9. The number of ether oxygens (including phenoxy) is 1. The van der Waals surface area contributed by atoms with Gasteiger partial charge in [-0.05, 0) is 39.8 Å². The number of benzene rings is 1. The fourth-order valence-electron chi connectivity index (χ4n) is 5.22. The number of carbonyl (C=O) groups is 1. The maximum atomic E-state index is 12.9. The van der Waals surface area contributed by atoms with Crippen molar-refractivity contribution in [3.05, 3.63) is 54.1 Å². The molecule has 0 aliphatic carbocycles. The van der Waals surface area contributed by atoms with Crippen molar-refractivity contribution in [2.24, 2.45) is 0 Å². The summed E-state index contributed by atoms with van der Waals surface area (Å²) >= 11 is 0. The van der Waals surface area contributed by atoms with E-state index in [1.807, 2.05) is 43.3 Å². The Balaban J connectivity index is 1.25. The second-order valence-electron chi connectivity index (χ2n) is 9.90. The molecule has 5 rings (SSSR count). The normalized spacial score (nSPS) is 20.6. The van der Waals surface area contributed by atoms with Crippen molar-refractivity contribution in [3.8, 4) is 11.1 Å². The van der Waals surface area contributed by atoms with Crippen molar-refractivity contribution in [1.82, 2.24) is 24.6 Å². The Morgan fingerprint density at radius 2 is 1.64 bits per heavy atom. The quantitative estimate of drug-likeness (QED) is 0.545. The molecule has 0 bridgehead atoms. The summed E-state index contributed by atoms with van der Waals surface area (Å²) in [6.07, 6.45) is 4.16. The first-order valence-electron chi connectivity index (χ1n) is 12.7. The van der Waals surface area contributed by atoms with Gasteiger partial charge in [0.15, 0.2) is 0 Å². The van der Waals surface area contributed by atoms with Crippen LogP contribution in [0.25, 0.3) is 11.1 Å². The van der Waals surface area contributed by atoms with Crippen LogP contribution < -0.4 is 9.80 Å². The molecule has 2 aliphatic heterocycles. The third-order valence-electron chi connectivity index (χ3n) is 6.92. The highest BCUT2D eigenvalue weighted by Crippen LogP contribution is 2.31. The first-order valence-corrected chi connectivity index (χ1v) is 12.7. The molecule has 36 heavy (non-hydrogen) atoms. The maximum Gasteiger partial charge on any atom is 0.244 e. The number of rotatable bonds is 5. The van der Waals surface area contributed by atoms with Gasteiger partial charge in [-0.15, -0.1) is 0 Å². The fraction of sp³-hybridized carbons (Fsp3) is 0.481. The Labute approximate surface area is 212 Å². The second-order valence-corrected chi connectivity index (χ2v) is 9.90. The van der Waals surface area contributed by atoms with Gasteiger partial charge in [0.05, 0.1) is 17.9 Å². The molecular weight excluding hydrogens is 454 g/mol. The van der Waals surface area contributed by atoms with E-state index in [-0.39, 0.29) is 18.1 Å². The minimum Gasteiger partial charge on any atom is -0.372 e. The van der Waals surface area contributed by atoms with Gasteiger partial charge in [0.25, 0.3) is 0 Å². The molecule has 2 unspecified atom stereocenters. The van der Waals surface area contributed by atoms with E-state index >= 15 is 0 Å². The molecule has 0 spiro atoms. The van der Waals surface area contributed by atoms with Gasteiger partial charge in [0.1, 0.15) is 6.54 Å². The first-order chi connectivity index (χ1) is 17.4. The van der Waals surface area contributed by atoms with E-state index in [2.05, 4.69) is 46.9 Å². The van der Waals surface area contributed by atoms with Crippen LogP contribution in [0.3, 0.4) is 0 Å². The van der Waals surface area contributed by atoms with Gasteiger partial charge < -0.3 is 19.4 Å². The topological polar surface area (TPSA) is 79.6 Å². The number of aromatic nitrogens is 4. The van der Waals surface area contributed by atoms with Crippen LogP contribution in [0.5, 0.6) is 0 Å². The van der Waals surface area contributed by atoms with Gasteiger partial charge >= 0.3 is 0 Å². The minimum atomic E-state index is 0.116. The third kappa shape index (κ3) is 5.21. The second kappa shape index (κ2) is 10.3. The number of piperazine rings is 1. The zero-order chi connectivity index (χ0) is 25.2. The van der Waals surface area contributed by atoms with E-state index in [0.29, 0.717) is 19.6 Å². The van der Waals surface area contributed by atoms with Crippen molar-refractivity contribution < 1.29 is 9.53 Å². The van der Waals surface area contributed by atoms with Crippen molar-refractivity contribution in [3.63, 3.8) is 0 Å². The lowest BCUT2D eigenvalue weighted by atomic mass is 10.1. The lowest BCUT2D eigenvalue weighted by Crippen LogP contribution is -2.49. The summed E-state index contributed by atoms with van der Waals surface area (Å²) in [5, 5.41) is 4.43. The summed E-state index contributed by atoms with van der Waals surface area (Å²) in [4.78, 5) is 28.8. The first kappa shape index (κ1) is 24.2. The summed E-state index contributed by atoms with van der Waals surface area (Å²) < 4.78 is 7.63. The Kier molecular flexibility index (Phi) is 6.91. The molecule has 2 aromatic heterocycles. The monoisotopic (exact) mass is 489 g/mol. The molecule has 4 heterocycles. The summed E-state index contributed by atoms with van der Waals surface area (Å²) in [5.41, 5.74) is 5.20. The van der Waals surface area contributed by atoms with E-state index in [1.54, 1.807) is 4.68 Å². The van der Waals surface area contributed by atoms with Crippen LogP contribution in [0, 0.1) is 13.8 Å². The standard InChI is InChI=1S/C27H35N7O2/c1-19-13-20(2)34(30-19)18-26(35)32-11-9-31(10-12-32)25-8-6-5-7-24(25)23-14-28-27(29-15-23)33-16-21(3)36-22(4)17-33/h5-8,13-15,21-22H,9-12,16-18H2,1-4H3. The molecule has 9 heteroatoms. The summed E-state index contributed by atoms with van der Waals surface area (Å²) in [5.74, 6) is 0.859. The number of hydrogen-bond donors (Lipinski definition) is 0. The molecule has 2 atom stereocenters. The van der Waals surface area contributed by atoms with Crippen LogP contribution in [-0.4, -0.2) is 82.0 Å². The number of nitrogens with zero attached hydrogens (tertiary/aromatic N) is 7. The van der Waals surface area contributed by atoms with Gasteiger partial charge in [-0.1, -0.05) is 18.2 Å². The van der Waals surface area contributed by atoms with Gasteiger partial charge in [0, 0.05) is 74.2 Å². The Bertz CT molecular complexity index is 1190. The van der Waals surface area contributed by atoms with E-state index in [9.17, 15) is 4.79 Å². The Morgan fingerprint density at radius 1 is 0.972 bits per heavy atom. The van der Waals surface area contributed by atoms with Crippen LogP contribution in [0.15, 0.2) is 42.7 Å². The van der Waals surface area contributed by atoms with E-state index in [1.165, 1.54) is 0 Å². The van der Waals surface area contributed by atoms with E-state index < -0.39 is 0 Å². The highest BCUT2D eigenvalue weighted by molar-refractivity contribution is 5.79. The number of hydrogen-bond acceptors (Lipinski definition) is 7. The summed E-state index contributed by atoms with van der Waals surface area (Å²) in [6, 6.07) is 10.4. The van der Waals surface area contributed by atoms with Gasteiger partial charge in [-0.25, -0.2) is 9.97 Å². The van der Waals surface area contributed by atoms with Crippen LogP contribution in [-0.2, 0) is 16.1 Å². The molecule has 190 valence electrons. The molecule has 2 fully saturated rings. The van der Waals surface area contributed by atoms with Crippen LogP contribution in [0.1, 0.15) is 25.2 Å². The molecule has 1 amide bonds. The zero-order valence-electron chi connectivity index (χ0n) is 21.6. The smallest absolute Gasteiger partial charge is 0.244 e. The molecule has 2 saturated heterocycles. The minimum absolute atomic E-state index is 0.116. The van der Waals surface area contributed by atoms with Crippen LogP contribution in [0.4, 0.5) is 11.6 Å². The van der Waals surface area contributed by atoms with Gasteiger partial charge in [0.2, 0.25) is 11.9 Å². The Morgan fingerprint density at radius 3 is 2.28 bits per heavy atom. The van der Waals surface area contributed by atoms with Crippen molar-refractivity contribution in [1.29, 1.82) is 0 Å². The van der Waals surface area contributed by atoms with E-state index in [0.717, 1.165) is 60.3 Å². The molecule has 0 saturated carbocycles. The molecule has 9 nitrogen and oxygen atoms in total. The molecule has 2 aliphatic rings. The van der Waals surface area contributed by atoms with Crippen LogP contribution in [0.2, 0.25) is 0 Å². The van der Waals surface area contributed by atoms with Gasteiger partial charge in [-0.2, -0.15) is 5.10 Å². The number of aryl methyl sites for hydroxylation is 2. The maximum absolute atomic E-state index is 12.9. The number of para-hydroxylation sites is 1. The summed E-state index contributed by atoms with van der Waals surface area (Å²) in [7, 11) is 0. The van der Waals surface area contributed by atoms with Crippen molar-refractivity contribution in [2.45, 2.75) is 46.4 Å². The van der Waals surface area contributed by atoms with Crippen molar-refractivity contribution >= 4 is 17.5 Å². The predicted octanol–water partition coefficient (Wildman–Crippen LogP) is 2.92. The molecule has 3 aromatic rings. The van der Waals surface area contributed by atoms with Crippen LogP contribution >= 0.6 is 0 Å². The number of amides is 1. The van der Waals surface area contributed by atoms with Crippen molar-refractivity contribution in [2.75, 3.05) is 49.1 Å². The lowest BCUT2D eigenvalue weighted by molar-refractivity contribution is -0.132. The Hall–Kier alpha value is -3.46. The highest BCUT2D eigenvalue weighted by Gasteiger charge is 2.25. The predicted molar refractivity (Wildman–Crippen MR) is 140 cm³/mol. The average molecular weight is 490 g/mol. The zero-order valence-corrected chi connectivity index (χ0v) is 21.6. The number of carbonyl (C=O) groups excluding carboxylic acids is 1. The molecular formula is C27H35N7O2. The molecule has 0 N–H and O–H groups in total.